The van der Waals surface area contributed by atoms with Gasteiger partial charge in [0.1, 0.15) is 6.54 Å². The van der Waals surface area contributed by atoms with Crippen LogP contribution in [0.15, 0.2) is 59.6 Å². The lowest BCUT2D eigenvalue weighted by molar-refractivity contribution is -0.133. The standard InChI is InChI=1S/C28H29N3O2S2/c1-3-20-8-7-11-23-21(16-24-27(33)31(28(34)35-24)22-9-5-4-6-10-22)17-30(26(20)23)18-25(32)29-14-12-19(2)13-15-29/h4-11,16-17,19H,3,12-15,18H2,1-2H3/b24-16-. The van der Waals surface area contributed by atoms with E-state index in [0.717, 1.165) is 54.5 Å². The van der Waals surface area contributed by atoms with E-state index in [9.17, 15) is 9.59 Å². The molecule has 3 aromatic rings. The predicted octanol–water partition coefficient (Wildman–Crippen LogP) is 5.87. The van der Waals surface area contributed by atoms with Crippen molar-refractivity contribution >= 4 is 62.8 Å². The Bertz CT molecular complexity index is 1320. The van der Waals surface area contributed by atoms with Gasteiger partial charge in [-0.2, -0.15) is 0 Å². The van der Waals surface area contributed by atoms with Gasteiger partial charge in [0.25, 0.3) is 5.91 Å². The molecule has 0 bridgehead atoms. The number of nitrogens with zero attached hydrogens (tertiary/aromatic N) is 3. The number of likely N-dealkylation sites (tertiary alicyclic amines) is 1. The summed E-state index contributed by atoms with van der Waals surface area (Å²) >= 11 is 6.86. The van der Waals surface area contributed by atoms with E-state index in [0.29, 0.717) is 21.7 Å². The lowest BCUT2D eigenvalue weighted by Crippen LogP contribution is -2.39. The van der Waals surface area contributed by atoms with Gasteiger partial charge in [-0.25, -0.2) is 0 Å². The van der Waals surface area contributed by atoms with Crippen molar-refractivity contribution in [1.82, 2.24) is 9.47 Å². The fraction of sp³-hybridized carbons (Fsp3) is 0.321. The number of carbonyl (C=O) groups is 2. The van der Waals surface area contributed by atoms with E-state index in [1.165, 1.54) is 17.3 Å². The van der Waals surface area contributed by atoms with Crippen LogP contribution in [0.3, 0.4) is 0 Å². The molecule has 5 nitrogen and oxygen atoms in total. The minimum Gasteiger partial charge on any atom is -0.341 e. The highest BCUT2D eigenvalue weighted by molar-refractivity contribution is 8.27. The van der Waals surface area contributed by atoms with Crippen molar-refractivity contribution in [2.24, 2.45) is 5.92 Å². The maximum atomic E-state index is 13.3. The molecule has 180 valence electrons. The van der Waals surface area contributed by atoms with Gasteiger partial charge in [-0.05, 0) is 49.0 Å². The summed E-state index contributed by atoms with van der Waals surface area (Å²) < 4.78 is 2.60. The van der Waals surface area contributed by atoms with Gasteiger partial charge < -0.3 is 9.47 Å². The van der Waals surface area contributed by atoms with Crippen molar-refractivity contribution in [3.05, 3.63) is 70.8 Å². The second kappa shape index (κ2) is 9.99. The fourth-order valence-corrected chi connectivity index (χ4v) is 6.19. The van der Waals surface area contributed by atoms with Crippen LogP contribution in [-0.4, -0.2) is 38.7 Å². The van der Waals surface area contributed by atoms with Gasteiger partial charge in [0.15, 0.2) is 4.32 Å². The van der Waals surface area contributed by atoms with Crippen LogP contribution in [0.4, 0.5) is 5.69 Å². The number of aryl methyl sites for hydroxylation is 1. The normalized spacial score (nSPS) is 18.3. The van der Waals surface area contributed by atoms with Crippen LogP contribution < -0.4 is 4.90 Å². The summed E-state index contributed by atoms with van der Waals surface area (Å²) in [7, 11) is 0. The molecule has 5 rings (SSSR count). The molecule has 2 aliphatic rings. The third-order valence-corrected chi connectivity index (χ3v) is 8.23. The van der Waals surface area contributed by atoms with Crippen LogP contribution >= 0.6 is 24.0 Å². The lowest BCUT2D eigenvalue weighted by Gasteiger charge is -2.30. The summed E-state index contributed by atoms with van der Waals surface area (Å²) in [5.41, 5.74) is 3.97. The number of benzene rings is 2. The van der Waals surface area contributed by atoms with E-state index in [4.69, 9.17) is 12.2 Å². The van der Waals surface area contributed by atoms with Gasteiger partial charge in [0.05, 0.1) is 16.1 Å². The van der Waals surface area contributed by atoms with Gasteiger partial charge in [-0.15, -0.1) is 0 Å². The fourth-order valence-electron chi connectivity index (χ4n) is 4.90. The van der Waals surface area contributed by atoms with Crippen LogP contribution in [0.25, 0.3) is 17.0 Å². The Balaban J connectivity index is 1.49. The monoisotopic (exact) mass is 503 g/mol. The molecule has 0 radical (unpaired) electrons. The van der Waals surface area contributed by atoms with Crippen LogP contribution in [0.2, 0.25) is 0 Å². The third-order valence-electron chi connectivity index (χ3n) is 6.93. The third kappa shape index (κ3) is 4.67. The summed E-state index contributed by atoms with van der Waals surface area (Å²) in [5.74, 6) is 0.721. The second-order valence-electron chi connectivity index (χ2n) is 9.30. The molecule has 2 aromatic carbocycles. The van der Waals surface area contributed by atoms with E-state index in [-0.39, 0.29) is 11.8 Å². The van der Waals surface area contributed by atoms with Gasteiger partial charge >= 0.3 is 0 Å². The summed E-state index contributed by atoms with van der Waals surface area (Å²) in [6.45, 7) is 6.34. The first-order valence-corrected chi connectivity index (χ1v) is 13.4. The zero-order valence-electron chi connectivity index (χ0n) is 20.1. The van der Waals surface area contributed by atoms with Gasteiger partial charge in [0.2, 0.25) is 5.91 Å². The van der Waals surface area contributed by atoms with Crippen LogP contribution in [0.1, 0.15) is 37.8 Å². The number of hydrogen-bond donors (Lipinski definition) is 0. The maximum Gasteiger partial charge on any atom is 0.270 e. The number of anilines is 1. The van der Waals surface area contributed by atoms with E-state index < -0.39 is 0 Å². The molecule has 2 fully saturated rings. The zero-order chi connectivity index (χ0) is 24.5. The first-order valence-electron chi connectivity index (χ1n) is 12.2. The predicted molar refractivity (Wildman–Crippen MR) is 148 cm³/mol. The van der Waals surface area contributed by atoms with Crippen molar-refractivity contribution in [2.75, 3.05) is 18.0 Å². The Morgan fingerprint density at radius 1 is 1.11 bits per heavy atom. The molecule has 0 atom stereocenters. The van der Waals surface area contributed by atoms with Crippen molar-refractivity contribution in [1.29, 1.82) is 0 Å². The molecule has 0 saturated carbocycles. The zero-order valence-corrected chi connectivity index (χ0v) is 21.7. The quantitative estimate of drug-likeness (QED) is 0.323. The highest BCUT2D eigenvalue weighted by atomic mass is 32.2. The van der Waals surface area contributed by atoms with E-state index in [1.807, 2.05) is 53.6 Å². The number of fused-ring (bicyclic) bond motifs is 1. The van der Waals surface area contributed by atoms with Gasteiger partial charge in [-0.3, -0.25) is 14.5 Å². The number of thioether (sulfide) groups is 1. The van der Waals surface area contributed by atoms with Crippen LogP contribution in [0, 0.1) is 5.92 Å². The molecule has 0 N–H and O–H groups in total. The van der Waals surface area contributed by atoms with Gasteiger partial charge in [-0.1, -0.05) is 74.2 Å². The number of rotatable bonds is 5. The molecule has 0 unspecified atom stereocenters. The Morgan fingerprint density at radius 2 is 1.86 bits per heavy atom. The highest BCUT2D eigenvalue weighted by Gasteiger charge is 2.33. The molecule has 0 aliphatic carbocycles. The van der Waals surface area contributed by atoms with Crippen molar-refractivity contribution in [3.8, 4) is 0 Å². The Kier molecular flexibility index (Phi) is 6.80. The minimum atomic E-state index is -0.114. The Hall–Kier alpha value is -2.90. The average Bonchev–Trinajstić information content (AvgIpc) is 3.35. The first-order chi connectivity index (χ1) is 17.0. The SMILES string of the molecule is CCc1cccc2c(/C=C3\SC(=S)N(c4ccccc4)C3=O)cn(CC(=O)N3CCC(C)CC3)c12. The smallest absolute Gasteiger partial charge is 0.270 e. The molecule has 2 amide bonds. The highest BCUT2D eigenvalue weighted by Crippen LogP contribution is 2.37. The van der Waals surface area contributed by atoms with E-state index in [2.05, 4.69) is 30.5 Å². The number of hydrogen-bond acceptors (Lipinski definition) is 4. The molecule has 3 heterocycles. The Morgan fingerprint density at radius 3 is 2.57 bits per heavy atom. The number of thiocarbonyl (C=S) groups is 1. The molecule has 0 spiro atoms. The molecule has 2 aliphatic heterocycles. The van der Waals surface area contributed by atoms with E-state index in [1.54, 1.807) is 4.90 Å². The number of para-hydroxylation sites is 2. The maximum absolute atomic E-state index is 13.3. The molecular weight excluding hydrogens is 474 g/mol. The second-order valence-corrected chi connectivity index (χ2v) is 11.0. The van der Waals surface area contributed by atoms with Crippen LogP contribution in [0.5, 0.6) is 0 Å². The van der Waals surface area contributed by atoms with Crippen molar-refractivity contribution < 1.29 is 9.59 Å². The largest absolute Gasteiger partial charge is 0.341 e. The molecule has 7 heteroatoms. The molecule has 35 heavy (non-hydrogen) atoms. The number of aromatic nitrogens is 1. The molecule has 2 saturated heterocycles. The summed E-state index contributed by atoms with van der Waals surface area (Å²) in [6, 6.07) is 15.7. The summed E-state index contributed by atoms with van der Waals surface area (Å²) in [4.78, 5) is 30.6. The number of carbonyl (C=O) groups excluding carboxylic acids is 2. The van der Waals surface area contributed by atoms with E-state index >= 15 is 0 Å². The summed E-state index contributed by atoms with van der Waals surface area (Å²) in [6.07, 6.45) is 6.93. The minimum absolute atomic E-state index is 0.114. The molecular formula is C28H29N3O2S2. The van der Waals surface area contributed by atoms with Crippen LogP contribution in [-0.2, 0) is 22.6 Å². The average molecular weight is 504 g/mol. The van der Waals surface area contributed by atoms with Crippen molar-refractivity contribution in [2.45, 2.75) is 39.7 Å². The number of amides is 2. The lowest BCUT2D eigenvalue weighted by atomic mass is 9.99. The van der Waals surface area contributed by atoms with Crippen molar-refractivity contribution in [3.63, 3.8) is 0 Å². The van der Waals surface area contributed by atoms with Gasteiger partial charge in [0, 0.05) is 30.2 Å². The Labute approximate surface area is 215 Å². The topological polar surface area (TPSA) is 45.6 Å². The summed E-state index contributed by atoms with van der Waals surface area (Å²) in [5, 5.41) is 1.05. The number of piperidine rings is 1. The first kappa shape index (κ1) is 23.8. The molecule has 1 aromatic heterocycles.